The highest BCUT2D eigenvalue weighted by atomic mass is 16.4. The Hall–Kier alpha value is -1.10. The highest BCUT2D eigenvalue weighted by Gasteiger charge is 2.24. The largest absolute Gasteiger partial charge is 0.481 e. The number of likely N-dealkylation sites (tertiary alicyclic amines) is 1. The Morgan fingerprint density at radius 2 is 1.89 bits per heavy atom. The quantitative estimate of drug-likeness (QED) is 0.765. The minimum atomic E-state index is -0.735. The molecular formula is C14H26N2O3. The van der Waals surface area contributed by atoms with Crippen LogP contribution >= 0.6 is 0 Å². The number of rotatable bonds is 6. The van der Waals surface area contributed by atoms with E-state index in [4.69, 9.17) is 10.8 Å². The van der Waals surface area contributed by atoms with Crippen molar-refractivity contribution in [2.45, 2.75) is 52.0 Å². The molecule has 110 valence electrons. The van der Waals surface area contributed by atoms with Gasteiger partial charge in [0.25, 0.3) is 0 Å². The molecule has 0 aromatic carbocycles. The fraction of sp³-hybridized carbons (Fsp3) is 0.857. The zero-order valence-corrected chi connectivity index (χ0v) is 12.0. The summed E-state index contributed by atoms with van der Waals surface area (Å²) in [5.41, 5.74) is 5.92. The predicted octanol–water partition coefficient (Wildman–Crippen LogP) is 1.46. The number of carbonyl (C=O) groups excluding carboxylic acids is 1. The van der Waals surface area contributed by atoms with Crippen LogP contribution in [-0.4, -0.2) is 41.0 Å². The van der Waals surface area contributed by atoms with Crippen molar-refractivity contribution >= 4 is 11.9 Å². The lowest BCUT2D eigenvalue weighted by Crippen LogP contribution is -2.42. The molecule has 0 aromatic heterocycles. The van der Waals surface area contributed by atoms with Gasteiger partial charge in [-0.1, -0.05) is 13.8 Å². The molecule has 0 saturated carbocycles. The van der Waals surface area contributed by atoms with Gasteiger partial charge in [0.2, 0.25) is 5.91 Å². The summed E-state index contributed by atoms with van der Waals surface area (Å²) in [5, 5.41) is 8.66. The zero-order chi connectivity index (χ0) is 14.4. The number of carboxylic acid groups (broad SMARTS) is 1. The van der Waals surface area contributed by atoms with Crippen molar-refractivity contribution < 1.29 is 14.7 Å². The van der Waals surface area contributed by atoms with Crippen LogP contribution in [0.2, 0.25) is 0 Å². The standard InChI is InChI=1S/C14H26N2O3/c1-10(2)12(15)9-13(17)16-7-5-11(6-8-16)3-4-14(18)19/h10-12H,3-9,15H2,1-2H3,(H,18,19). The van der Waals surface area contributed by atoms with Crippen molar-refractivity contribution in [2.24, 2.45) is 17.6 Å². The maximum atomic E-state index is 12.0. The first-order chi connectivity index (χ1) is 8.90. The molecule has 0 bridgehead atoms. The molecule has 3 N–H and O–H groups in total. The molecule has 19 heavy (non-hydrogen) atoms. The number of hydrogen-bond donors (Lipinski definition) is 2. The summed E-state index contributed by atoms with van der Waals surface area (Å²) in [7, 11) is 0. The van der Waals surface area contributed by atoms with E-state index in [1.165, 1.54) is 0 Å². The fourth-order valence-corrected chi connectivity index (χ4v) is 2.37. The number of piperidine rings is 1. The highest BCUT2D eigenvalue weighted by molar-refractivity contribution is 5.76. The number of hydrogen-bond acceptors (Lipinski definition) is 3. The third kappa shape index (κ3) is 5.59. The third-order valence-corrected chi connectivity index (χ3v) is 4.00. The number of nitrogens with two attached hydrogens (primary N) is 1. The second-order valence-electron chi connectivity index (χ2n) is 5.87. The second-order valence-corrected chi connectivity index (χ2v) is 5.87. The lowest BCUT2D eigenvalue weighted by Gasteiger charge is -2.32. The molecule has 5 nitrogen and oxygen atoms in total. The van der Waals surface area contributed by atoms with Crippen LogP contribution in [0.4, 0.5) is 0 Å². The normalized spacial score (nSPS) is 18.6. The van der Waals surface area contributed by atoms with Crippen LogP contribution in [0.15, 0.2) is 0 Å². The van der Waals surface area contributed by atoms with Gasteiger partial charge in [-0.05, 0) is 31.1 Å². The van der Waals surface area contributed by atoms with Crippen LogP contribution in [0.5, 0.6) is 0 Å². The van der Waals surface area contributed by atoms with Crippen molar-refractivity contribution in [3.8, 4) is 0 Å². The molecular weight excluding hydrogens is 244 g/mol. The van der Waals surface area contributed by atoms with Gasteiger partial charge in [0.05, 0.1) is 0 Å². The van der Waals surface area contributed by atoms with Crippen molar-refractivity contribution in [1.82, 2.24) is 4.90 Å². The Balaban J connectivity index is 2.29. The minimum absolute atomic E-state index is 0.0720. The van der Waals surface area contributed by atoms with E-state index in [1.807, 2.05) is 18.7 Å². The number of amides is 1. The van der Waals surface area contributed by atoms with Crippen LogP contribution in [-0.2, 0) is 9.59 Å². The Labute approximate surface area is 115 Å². The topological polar surface area (TPSA) is 83.6 Å². The molecule has 1 fully saturated rings. The van der Waals surface area contributed by atoms with E-state index >= 15 is 0 Å². The summed E-state index contributed by atoms with van der Waals surface area (Å²) in [6, 6.07) is -0.0720. The maximum absolute atomic E-state index is 12.0. The van der Waals surface area contributed by atoms with E-state index in [0.29, 0.717) is 18.3 Å². The average molecular weight is 270 g/mol. The SMILES string of the molecule is CC(C)C(N)CC(=O)N1CCC(CCC(=O)O)CC1. The van der Waals surface area contributed by atoms with E-state index in [0.717, 1.165) is 32.4 Å². The molecule has 0 radical (unpaired) electrons. The fourth-order valence-electron chi connectivity index (χ4n) is 2.37. The highest BCUT2D eigenvalue weighted by Crippen LogP contribution is 2.22. The molecule has 0 aliphatic carbocycles. The molecule has 1 aliphatic heterocycles. The maximum Gasteiger partial charge on any atom is 0.303 e. The molecule has 1 atom stereocenters. The van der Waals surface area contributed by atoms with Crippen LogP contribution in [0.1, 0.15) is 46.0 Å². The lowest BCUT2D eigenvalue weighted by atomic mass is 9.91. The smallest absolute Gasteiger partial charge is 0.303 e. The Morgan fingerprint density at radius 1 is 1.32 bits per heavy atom. The van der Waals surface area contributed by atoms with Crippen molar-refractivity contribution in [3.63, 3.8) is 0 Å². The van der Waals surface area contributed by atoms with Gasteiger partial charge < -0.3 is 15.7 Å². The van der Waals surface area contributed by atoms with Gasteiger partial charge in [-0.15, -0.1) is 0 Å². The number of aliphatic carboxylic acids is 1. The van der Waals surface area contributed by atoms with Crippen LogP contribution in [0.25, 0.3) is 0 Å². The van der Waals surface area contributed by atoms with Crippen LogP contribution < -0.4 is 5.73 Å². The summed E-state index contributed by atoms with van der Waals surface area (Å²) in [5.74, 6) is 0.162. The van der Waals surface area contributed by atoms with E-state index in [2.05, 4.69) is 0 Å². The molecule has 5 heteroatoms. The van der Waals surface area contributed by atoms with E-state index in [1.54, 1.807) is 0 Å². The summed E-state index contributed by atoms with van der Waals surface area (Å²) in [6.45, 7) is 5.54. The molecule has 1 heterocycles. The van der Waals surface area contributed by atoms with Crippen molar-refractivity contribution in [3.05, 3.63) is 0 Å². The predicted molar refractivity (Wildman–Crippen MR) is 73.6 cm³/mol. The number of carbonyl (C=O) groups is 2. The molecule has 1 saturated heterocycles. The van der Waals surface area contributed by atoms with Gasteiger partial charge >= 0.3 is 5.97 Å². The molecule has 1 unspecified atom stereocenters. The number of nitrogens with zero attached hydrogens (tertiary/aromatic N) is 1. The van der Waals surface area contributed by atoms with E-state index in [-0.39, 0.29) is 18.4 Å². The molecule has 0 spiro atoms. The second kappa shape index (κ2) is 7.48. The first-order valence-electron chi connectivity index (χ1n) is 7.15. The van der Waals surface area contributed by atoms with E-state index in [9.17, 15) is 9.59 Å². The molecule has 1 rings (SSSR count). The van der Waals surface area contributed by atoms with Crippen molar-refractivity contribution in [2.75, 3.05) is 13.1 Å². The van der Waals surface area contributed by atoms with Gasteiger partial charge in [-0.25, -0.2) is 0 Å². The van der Waals surface area contributed by atoms with Crippen LogP contribution in [0.3, 0.4) is 0 Å². The van der Waals surface area contributed by atoms with E-state index < -0.39 is 5.97 Å². The first-order valence-corrected chi connectivity index (χ1v) is 7.15. The van der Waals surface area contributed by atoms with Gasteiger partial charge in [-0.3, -0.25) is 9.59 Å². The number of carboxylic acids is 1. The first kappa shape index (κ1) is 16.0. The third-order valence-electron chi connectivity index (χ3n) is 4.00. The molecule has 0 aromatic rings. The van der Waals surface area contributed by atoms with Gasteiger partial charge in [-0.2, -0.15) is 0 Å². The van der Waals surface area contributed by atoms with Gasteiger partial charge in [0.1, 0.15) is 0 Å². The summed E-state index contributed by atoms with van der Waals surface area (Å²) < 4.78 is 0. The molecule has 1 amide bonds. The minimum Gasteiger partial charge on any atom is -0.481 e. The Bertz CT molecular complexity index is 310. The summed E-state index contributed by atoms with van der Waals surface area (Å²) in [4.78, 5) is 24.4. The lowest BCUT2D eigenvalue weighted by molar-refractivity contribution is -0.138. The Kier molecular flexibility index (Phi) is 6.28. The Morgan fingerprint density at radius 3 is 2.37 bits per heavy atom. The average Bonchev–Trinajstić information content (AvgIpc) is 2.36. The zero-order valence-electron chi connectivity index (χ0n) is 12.0. The van der Waals surface area contributed by atoms with Gasteiger partial charge in [0, 0.05) is 32.0 Å². The van der Waals surface area contributed by atoms with Crippen molar-refractivity contribution in [1.29, 1.82) is 0 Å². The molecule has 1 aliphatic rings. The summed E-state index contributed by atoms with van der Waals surface area (Å²) in [6.07, 6.45) is 3.20. The van der Waals surface area contributed by atoms with Gasteiger partial charge in [0.15, 0.2) is 0 Å². The summed E-state index contributed by atoms with van der Waals surface area (Å²) >= 11 is 0. The monoisotopic (exact) mass is 270 g/mol. The van der Waals surface area contributed by atoms with Crippen LogP contribution in [0, 0.1) is 11.8 Å².